The van der Waals surface area contributed by atoms with Gasteiger partial charge in [-0.3, -0.25) is 67.6 Å². The van der Waals surface area contributed by atoms with E-state index in [0.29, 0.717) is 24.3 Å². The van der Waals surface area contributed by atoms with Crippen molar-refractivity contribution in [2.75, 3.05) is 51.1 Å². The number of thioether (sulfide) groups is 1. The first-order valence-electron chi connectivity index (χ1n) is 39.0. The van der Waals surface area contributed by atoms with Crippen molar-refractivity contribution in [1.82, 2.24) is 40.4 Å². The summed E-state index contributed by atoms with van der Waals surface area (Å²) in [6.45, 7) is 11.4. The summed E-state index contributed by atoms with van der Waals surface area (Å²) in [6, 6.07) is 8.08. The van der Waals surface area contributed by atoms with Gasteiger partial charge in [0.1, 0.15) is 53.3 Å². The number of aromatic hydroxyl groups is 2. The quantitative estimate of drug-likeness (QED) is 0.0206. The van der Waals surface area contributed by atoms with E-state index < -0.39 is 191 Å². The lowest BCUT2D eigenvalue weighted by atomic mass is 9.67. The van der Waals surface area contributed by atoms with Crippen LogP contribution in [-0.4, -0.2) is 266 Å². The second-order valence-corrected chi connectivity index (χ2v) is 31.5. The highest BCUT2D eigenvalue weighted by molar-refractivity contribution is 8.00. The second kappa shape index (κ2) is 39.5. The number of fused-ring (bicyclic) bond motifs is 4. The molecular weight excluding hydrogens is 1580 g/mol. The number of carboxylic acid groups (broad SMARTS) is 3. The maximum Gasteiger partial charge on any atom is 0.327 e. The third-order valence-corrected chi connectivity index (χ3v) is 23.1. The predicted molar refractivity (Wildman–Crippen MR) is 421 cm³/mol. The number of aliphatic hydroxyl groups is 2. The number of esters is 1. The molecule has 2 aromatic heterocycles. The number of hydrogen-bond acceptors (Lipinski definition) is 32. The van der Waals surface area contributed by atoms with Gasteiger partial charge in [0.2, 0.25) is 29.5 Å². The molecule has 17 atom stereocenters. The largest absolute Gasteiger partial charge is 0.507 e. The SMILES string of the molecule is CC(=O)CCN1C(=O)CC(SCC(NC(=O)CCC(CC(=O)CCC(NC(=O)c2ccc(NCc3cnc4nc(N)[nH]c(=O)c4n3)cc2)C(=O)O)C(=O)O)C(=O)O)C1=O.CCN=C1CC[C@H](O[C@@H]2C(C)O[C@@H](O[C@@H]3C(C)O[C@@H](O[C@H]4C[C@](O)(CC)[C@H](C(=O)OC)c5cc6c(c(O)c54)C(=O)c4c(O)cccc4C6=O)C[C@H]3N(C)C)C[C@H]2O)OC1C. The molecule has 119 heavy (non-hydrogen) atoms. The highest BCUT2D eigenvalue weighted by Gasteiger charge is 2.54. The van der Waals surface area contributed by atoms with E-state index in [0.717, 1.165) is 28.8 Å². The van der Waals surface area contributed by atoms with Crippen LogP contribution in [0.2, 0.25) is 0 Å². The number of benzene rings is 3. The first kappa shape index (κ1) is 90.7. The fourth-order valence-electron chi connectivity index (χ4n) is 15.4. The maximum absolute atomic E-state index is 13.9. The molecule has 2 aliphatic carbocycles. The van der Waals surface area contributed by atoms with E-state index in [-0.39, 0.29) is 144 Å². The van der Waals surface area contributed by atoms with Crippen LogP contribution in [0.1, 0.15) is 196 Å². The number of rotatable bonds is 33. The van der Waals surface area contributed by atoms with Gasteiger partial charge in [0.25, 0.3) is 11.5 Å². The van der Waals surface area contributed by atoms with Crippen LogP contribution in [-0.2, 0) is 82.9 Å². The van der Waals surface area contributed by atoms with Gasteiger partial charge in [-0.25, -0.2) is 19.6 Å². The average molecular weight is 1680 g/mol. The van der Waals surface area contributed by atoms with Gasteiger partial charge in [0.05, 0.1) is 84.0 Å². The van der Waals surface area contributed by atoms with E-state index in [9.17, 15) is 98.1 Å². The third-order valence-electron chi connectivity index (χ3n) is 21.8. The Labute approximate surface area is 686 Å². The van der Waals surface area contributed by atoms with Gasteiger partial charge in [0, 0.05) is 116 Å². The van der Waals surface area contributed by atoms with E-state index in [1.165, 1.54) is 56.6 Å². The number of amides is 4. The van der Waals surface area contributed by atoms with Gasteiger partial charge < -0.3 is 95.5 Å². The fourth-order valence-corrected chi connectivity index (χ4v) is 16.6. The second-order valence-electron chi connectivity index (χ2n) is 30.2. The third kappa shape index (κ3) is 21.5. The van der Waals surface area contributed by atoms with Gasteiger partial charge in [-0.15, -0.1) is 11.8 Å². The Morgan fingerprint density at radius 3 is 2.14 bits per heavy atom. The molecule has 0 radical (unpaired) electrons. The van der Waals surface area contributed by atoms with Gasteiger partial charge in [-0.05, 0) is 116 Å². The number of methoxy groups -OCH3 is 1. The van der Waals surface area contributed by atoms with Crippen LogP contribution in [0.5, 0.6) is 11.5 Å². The highest BCUT2D eigenvalue weighted by atomic mass is 32.2. The molecule has 4 saturated heterocycles. The van der Waals surface area contributed by atoms with Crippen molar-refractivity contribution >= 4 is 111 Å². The number of nitrogens with two attached hydrogens (primary N) is 1. The lowest BCUT2D eigenvalue weighted by Gasteiger charge is -2.48. The van der Waals surface area contributed by atoms with E-state index in [4.69, 9.17) is 38.9 Å². The maximum atomic E-state index is 13.9. The number of nitrogens with one attached hydrogen (secondary N) is 4. The number of aliphatic imine (C=N–C) groups is 1. The number of carbonyl (C=O) groups excluding carboxylic acids is 9. The van der Waals surface area contributed by atoms with Gasteiger partial charge in [0.15, 0.2) is 35.8 Å². The molecule has 0 bridgehead atoms. The lowest BCUT2D eigenvalue weighted by molar-refractivity contribution is -0.324. The van der Waals surface area contributed by atoms with Crippen molar-refractivity contribution in [2.45, 2.75) is 228 Å². The minimum absolute atomic E-state index is 0.000450. The van der Waals surface area contributed by atoms with E-state index >= 15 is 0 Å². The number of likely N-dealkylation sites (N-methyl/N-ethyl adjacent to an activating group) is 1. The number of carbonyl (C=O) groups is 12. The molecule has 7 unspecified atom stereocenters. The monoisotopic (exact) mass is 1680 g/mol. The fraction of sp³-hybridized carbons (Fsp3) is 0.537. The zero-order valence-electron chi connectivity index (χ0n) is 66.9. The van der Waals surface area contributed by atoms with Crippen LogP contribution in [0, 0.1) is 5.92 Å². The molecule has 4 fully saturated rings. The van der Waals surface area contributed by atoms with Crippen LogP contribution in [0.15, 0.2) is 64.5 Å². The molecular formula is C80H99N11O27S. The Hall–Kier alpha value is -10.6. The minimum atomic E-state index is -1.75. The summed E-state index contributed by atoms with van der Waals surface area (Å²) < 4.78 is 43.4. The molecule has 39 heteroatoms. The Kier molecular flexibility index (Phi) is 30.1. The zero-order chi connectivity index (χ0) is 86.8. The predicted octanol–water partition coefficient (Wildman–Crippen LogP) is 3.77. The van der Waals surface area contributed by atoms with Gasteiger partial charge >= 0.3 is 23.9 Å². The number of H-pyrrole nitrogens is 1. The Bertz CT molecular complexity index is 4780. The molecule has 0 spiro atoms. The summed E-state index contributed by atoms with van der Waals surface area (Å²) in [7, 11) is 4.96. The van der Waals surface area contributed by atoms with Crippen LogP contribution < -0.4 is 27.2 Å². The molecule has 38 nitrogen and oxygen atoms in total. The normalized spacial score (nSPS) is 25.8. The summed E-state index contributed by atoms with van der Waals surface area (Å²) in [6.07, 6.45) is -6.07. The van der Waals surface area contributed by atoms with Crippen LogP contribution in [0.4, 0.5) is 11.6 Å². The summed E-state index contributed by atoms with van der Waals surface area (Å²) in [5.74, 6) is -14.1. The number of Topliss-reactive ketones (excluding diaryl/α,β-unsaturated/α-hetero) is 2. The number of aromatic nitrogens is 4. The Balaban J connectivity index is 0.000000250. The number of aliphatic hydroxyl groups excluding tert-OH is 1. The summed E-state index contributed by atoms with van der Waals surface area (Å²) in [5, 5.41) is 81.8. The number of carboxylic acids is 3. The molecule has 4 amide bonds. The number of ether oxygens (including phenoxy) is 7. The Morgan fingerprint density at radius 1 is 0.815 bits per heavy atom. The van der Waals surface area contributed by atoms with Crippen molar-refractivity contribution in [3.63, 3.8) is 0 Å². The zero-order valence-corrected chi connectivity index (χ0v) is 67.7. The van der Waals surface area contributed by atoms with Crippen LogP contribution >= 0.6 is 11.8 Å². The first-order chi connectivity index (χ1) is 56.4. The molecule has 5 aromatic rings. The molecule has 4 aliphatic heterocycles. The van der Waals surface area contributed by atoms with Crippen molar-refractivity contribution in [1.29, 1.82) is 0 Å². The average Bonchev–Trinajstić information content (AvgIpc) is 0.802. The van der Waals surface area contributed by atoms with Crippen molar-refractivity contribution in [3.05, 3.63) is 110 Å². The number of phenols is 2. The van der Waals surface area contributed by atoms with E-state index in [1.807, 2.05) is 46.7 Å². The summed E-state index contributed by atoms with van der Waals surface area (Å²) in [4.78, 5) is 185. The number of nitrogens with zero attached hydrogens (tertiary/aromatic N) is 6. The number of hydrogen-bond donors (Lipinski definition) is 12. The number of imide groups is 1. The highest BCUT2D eigenvalue weighted by Crippen LogP contribution is 2.54. The molecule has 3 aromatic carbocycles. The lowest BCUT2D eigenvalue weighted by Crippen LogP contribution is -2.58. The molecule has 642 valence electrons. The van der Waals surface area contributed by atoms with Crippen molar-refractivity contribution in [3.8, 4) is 11.5 Å². The van der Waals surface area contributed by atoms with Crippen molar-refractivity contribution in [2.24, 2.45) is 10.9 Å². The van der Waals surface area contributed by atoms with Gasteiger partial charge in [-0.1, -0.05) is 19.1 Å². The van der Waals surface area contributed by atoms with Crippen LogP contribution in [0.3, 0.4) is 0 Å². The first-order valence-corrected chi connectivity index (χ1v) is 40.0. The topological polar surface area (TPSA) is 564 Å². The number of aromatic amines is 1. The summed E-state index contributed by atoms with van der Waals surface area (Å²) >= 11 is 0.846. The number of anilines is 2. The molecule has 0 saturated carbocycles. The van der Waals surface area contributed by atoms with E-state index in [1.54, 1.807) is 19.1 Å². The minimum Gasteiger partial charge on any atom is -0.507 e. The number of ketones is 4. The number of likely N-dealkylation sites (tertiary alicyclic amines) is 1. The molecule has 11 rings (SSSR count). The number of phenolic OH excluding ortho intramolecular Hbond substituents is 2. The Morgan fingerprint density at radius 2 is 1.50 bits per heavy atom. The van der Waals surface area contributed by atoms with Crippen LogP contribution in [0.25, 0.3) is 11.2 Å². The molecule has 6 aliphatic rings. The molecule has 13 N–H and O–H groups in total. The van der Waals surface area contributed by atoms with E-state index in [2.05, 4.69) is 40.9 Å². The van der Waals surface area contributed by atoms with Crippen molar-refractivity contribution < 1.29 is 126 Å². The standard InChI is InChI=1S/C44H58N2O14.C36H41N9O13S/c1-9-44(53)19-30(35-24(37(44)43(52)54-8)16-25-36(40(35)51)39(50)34-23(38(25)49)12-11-13-28(34)47)58-32-17-27(46(6)7)41(21(4)56-32)60-33-18-29(48)42(22(5)57-33)59-31-15-14-26(45-10-2)20(3)55-31;1-17(46)10-11-45-27(49)13-25(32(45)52)59-16-24(35(57)58)41-26(48)9-4-19(33(53)54)12-22(47)7-8-23(34(55)56)42-30(50)18-2-5-20(6-3-18)38-14-21-15-39-29-28(40-21)31(51)44-36(37)43-29/h11-13,16,20-22,27,29-33,37,41-42,47-48,51,53H,9-10,14-15,17-19H2,1-8H3;2-3,5-6,15,19,23-25,38H,4,7-14,16H2,1H3,(H,41,48)(H,42,50)(H,53,54)(H,55,56)(H,57,58)(H3,37,39,43,44,51)/t20?,21?,22?,27-,29-,30+,31+,32+,33+,37+,41-,42-,44-;/m1./s1. The molecule has 6 heterocycles. The number of aliphatic carboxylic acids is 3. The summed E-state index contributed by atoms with van der Waals surface area (Å²) in [5.41, 5.74) is 4.66. The smallest absolute Gasteiger partial charge is 0.327 e. The van der Waals surface area contributed by atoms with Gasteiger partial charge in [-0.2, -0.15) is 4.98 Å². The number of nitrogen functional groups attached to an aromatic ring is 1.